The normalized spacial score (nSPS) is 12.0. The van der Waals surface area contributed by atoms with E-state index in [1.807, 2.05) is 21.1 Å². The minimum atomic E-state index is -1.45. The summed E-state index contributed by atoms with van der Waals surface area (Å²) in [5, 5.41) is 11.2. The first-order valence-electron chi connectivity index (χ1n) is 6.18. The van der Waals surface area contributed by atoms with Gasteiger partial charge >= 0.3 is 0 Å². The van der Waals surface area contributed by atoms with Gasteiger partial charge in [0.15, 0.2) is 5.60 Å². The minimum Gasteiger partial charge on any atom is -0.372 e. The van der Waals surface area contributed by atoms with Crippen molar-refractivity contribution in [2.24, 2.45) is 21.1 Å². The molecule has 0 aliphatic rings. The van der Waals surface area contributed by atoms with Gasteiger partial charge in [-0.05, 0) is 0 Å². The topological polar surface area (TPSA) is 73.7 Å². The second-order valence-corrected chi connectivity index (χ2v) is 4.98. The molecule has 7 nitrogen and oxygen atoms in total. The summed E-state index contributed by atoms with van der Waals surface area (Å²) in [5.41, 5.74) is 0.0382. The van der Waals surface area contributed by atoms with Crippen molar-refractivity contribution < 1.29 is 5.11 Å². The zero-order valence-corrected chi connectivity index (χ0v) is 11.6. The van der Waals surface area contributed by atoms with E-state index in [-0.39, 0.29) is 0 Å². The average molecular weight is 272 g/mol. The lowest BCUT2D eigenvalue weighted by molar-refractivity contribution is 0.112. The van der Waals surface area contributed by atoms with Gasteiger partial charge in [-0.25, -0.2) is 15.0 Å². The molecule has 0 saturated heterocycles. The Hall–Kier alpha value is -2.41. The van der Waals surface area contributed by atoms with E-state index < -0.39 is 5.60 Å². The van der Waals surface area contributed by atoms with Crippen LogP contribution in [0.1, 0.15) is 17.1 Å². The molecule has 20 heavy (non-hydrogen) atoms. The van der Waals surface area contributed by atoms with Crippen LogP contribution >= 0.6 is 0 Å². The number of nitrogens with zero attached hydrogens (tertiary/aromatic N) is 6. The summed E-state index contributed by atoms with van der Waals surface area (Å²) in [4.78, 5) is 12.8. The molecule has 1 N–H and O–H groups in total. The third-order valence-electron chi connectivity index (χ3n) is 3.23. The minimum absolute atomic E-state index is 0.498. The molecule has 104 valence electrons. The summed E-state index contributed by atoms with van der Waals surface area (Å²) in [5.74, 6) is 0. The smallest absolute Gasteiger partial charge is 0.195 e. The fourth-order valence-electron chi connectivity index (χ4n) is 2.19. The van der Waals surface area contributed by atoms with E-state index in [1.165, 1.54) is 0 Å². The first kappa shape index (κ1) is 12.6. The molecule has 3 aromatic heterocycles. The molecule has 0 bridgehead atoms. The van der Waals surface area contributed by atoms with Gasteiger partial charge < -0.3 is 18.8 Å². The van der Waals surface area contributed by atoms with Gasteiger partial charge in [0.25, 0.3) is 0 Å². The van der Waals surface area contributed by atoms with Gasteiger partial charge in [-0.2, -0.15) is 0 Å². The van der Waals surface area contributed by atoms with Gasteiger partial charge in [-0.15, -0.1) is 0 Å². The lowest BCUT2D eigenvalue weighted by Gasteiger charge is -2.22. The van der Waals surface area contributed by atoms with E-state index in [0.717, 1.165) is 0 Å². The predicted octanol–water partition coefficient (Wildman–Crippen LogP) is 0.171. The van der Waals surface area contributed by atoms with Crippen LogP contribution in [-0.2, 0) is 26.7 Å². The Labute approximate surface area is 116 Å². The van der Waals surface area contributed by atoms with Gasteiger partial charge in [-0.1, -0.05) is 0 Å². The molecule has 0 atom stereocenters. The summed E-state index contributed by atoms with van der Waals surface area (Å²) in [6.07, 6.45) is 10.2. The van der Waals surface area contributed by atoms with Crippen LogP contribution in [0.3, 0.4) is 0 Å². The molecule has 0 amide bonds. The van der Waals surface area contributed by atoms with Gasteiger partial charge in [0.1, 0.15) is 17.1 Å². The Bertz CT molecular complexity index is 639. The van der Waals surface area contributed by atoms with Crippen LogP contribution in [0.15, 0.2) is 37.6 Å². The van der Waals surface area contributed by atoms with Gasteiger partial charge in [0.2, 0.25) is 0 Å². The van der Waals surface area contributed by atoms with Crippen LogP contribution in [0.4, 0.5) is 0 Å². The highest BCUT2D eigenvalue weighted by molar-refractivity contribution is 5.35. The predicted molar refractivity (Wildman–Crippen MR) is 71.7 cm³/mol. The van der Waals surface area contributed by atoms with Crippen LogP contribution in [0.5, 0.6) is 0 Å². The molecule has 3 rings (SSSR count). The third-order valence-corrected chi connectivity index (χ3v) is 3.23. The fraction of sp³-hybridized carbons (Fsp3) is 0.308. The Kier molecular flexibility index (Phi) is 2.72. The lowest BCUT2D eigenvalue weighted by atomic mass is 9.93. The maximum absolute atomic E-state index is 11.2. The first-order chi connectivity index (χ1) is 9.50. The number of imidazole rings is 3. The van der Waals surface area contributed by atoms with Crippen LogP contribution in [-0.4, -0.2) is 33.8 Å². The van der Waals surface area contributed by atoms with Gasteiger partial charge in [-0.3, -0.25) is 0 Å². The van der Waals surface area contributed by atoms with Crippen molar-refractivity contribution in [1.82, 2.24) is 28.7 Å². The summed E-state index contributed by atoms with van der Waals surface area (Å²) >= 11 is 0. The van der Waals surface area contributed by atoms with Crippen molar-refractivity contribution in [3.8, 4) is 0 Å². The Balaban J connectivity index is 2.22. The van der Waals surface area contributed by atoms with Crippen LogP contribution in [0, 0.1) is 0 Å². The maximum atomic E-state index is 11.2. The zero-order chi connectivity index (χ0) is 14.3. The number of rotatable bonds is 3. The van der Waals surface area contributed by atoms with Gasteiger partial charge in [0, 0.05) is 39.7 Å². The van der Waals surface area contributed by atoms with Crippen molar-refractivity contribution in [3.63, 3.8) is 0 Å². The first-order valence-corrected chi connectivity index (χ1v) is 6.18. The van der Waals surface area contributed by atoms with E-state index in [1.54, 1.807) is 51.3 Å². The number of aryl methyl sites for hydroxylation is 3. The van der Waals surface area contributed by atoms with Crippen molar-refractivity contribution >= 4 is 0 Å². The summed E-state index contributed by atoms with van der Waals surface area (Å²) in [6, 6.07) is 0. The molecule has 0 unspecified atom stereocenters. The Morgan fingerprint density at radius 2 is 1.05 bits per heavy atom. The molecule has 7 heteroatoms. The second kappa shape index (κ2) is 4.31. The molecule has 3 heterocycles. The average Bonchev–Trinajstić information content (AvgIpc) is 3.10. The summed E-state index contributed by atoms with van der Waals surface area (Å²) in [7, 11) is 5.56. The lowest BCUT2D eigenvalue weighted by Crippen LogP contribution is -2.30. The van der Waals surface area contributed by atoms with Gasteiger partial charge in [0.05, 0.1) is 19.0 Å². The van der Waals surface area contributed by atoms with E-state index in [4.69, 9.17) is 0 Å². The quantitative estimate of drug-likeness (QED) is 0.737. The highest BCUT2D eigenvalue weighted by atomic mass is 16.3. The SMILES string of the molecule is Cn1cnc(C(O)(c2cn(C)cn2)c2cn(C)cn2)c1. The van der Waals surface area contributed by atoms with Crippen LogP contribution in [0.2, 0.25) is 0 Å². The molecule has 3 aromatic rings. The van der Waals surface area contributed by atoms with Crippen molar-refractivity contribution in [1.29, 1.82) is 0 Å². The molecule has 0 radical (unpaired) electrons. The summed E-state index contributed by atoms with van der Waals surface area (Å²) < 4.78 is 5.35. The monoisotopic (exact) mass is 272 g/mol. The van der Waals surface area contributed by atoms with E-state index >= 15 is 0 Å². The highest BCUT2D eigenvalue weighted by Gasteiger charge is 2.40. The number of hydrogen-bond acceptors (Lipinski definition) is 4. The maximum Gasteiger partial charge on any atom is 0.195 e. The largest absolute Gasteiger partial charge is 0.372 e. The molecule has 0 aliphatic heterocycles. The highest BCUT2D eigenvalue weighted by Crippen LogP contribution is 2.33. The van der Waals surface area contributed by atoms with Crippen LogP contribution in [0.25, 0.3) is 0 Å². The number of aliphatic hydroxyl groups is 1. The van der Waals surface area contributed by atoms with E-state index in [0.29, 0.717) is 17.1 Å². The van der Waals surface area contributed by atoms with Crippen molar-refractivity contribution in [2.45, 2.75) is 5.60 Å². The zero-order valence-electron chi connectivity index (χ0n) is 11.6. The number of aromatic nitrogens is 6. The molecular weight excluding hydrogens is 256 g/mol. The second-order valence-electron chi connectivity index (χ2n) is 4.98. The number of hydrogen-bond donors (Lipinski definition) is 1. The third kappa shape index (κ3) is 1.83. The molecule has 0 aromatic carbocycles. The van der Waals surface area contributed by atoms with Crippen molar-refractivity contribution in [2.75, 3.05) is 0 Å². The molecule has 0 spiro atoms. The fourth-order valence-corrected chi connectivity index (χ4v) is 2.19. The Morgan fingerprint density at radius 3 is 1.25 bits per heavy atom. The summed E-state index contributed by atoms with van der Waals surface area (Å²) in [6.45, 7) is 0. The van der Waals surface area contributed by atoms with E-state index in [9.17, 15) is 5.11 Å². The standard InChI is InChI=1S/C13H16N6O/c1-17-4-10(14-7-17)13(20,11-5-18(2)8-15-11)12-6-19(3)9-16-12/h4-9,20H,1-3H3. The molecular formula is C13H16N6O. The van der Waals surface area contributed by atoms with E-state index in [2.05, 4.69) is 15.0 Å². The molecule has 0 aliphatic carbocycles. The van der Waals surface area contributed by atoms with Crippen LogP contribution < -0.4 is 0 Å². The molecule has 0 saturated carbocycles. The van der Waals surface area contributed by atoms with Crippen molar-refractivity contribution in [3.05, 3.63) is 54.7 Å². The Morgan fingerprint density at radius 1 is 0.750 bits per heavy atom. The molecule has 0 fully saturated rings.